The van der Waals surface area contributed by atoms with Crippen molar-refractivity contribution in [3.05, 3.63) is 69.6 Å². The molecular weight excluding hydrogens is 539 g/mol. The average Bonchev–Trinajstić information content (AvgIpc) is 3.54. The molecule has 1 aliphatic heterocycles. The van der Waals surface area contributed by atoms with Gasteiger partial charge in [-0.3, -0.25) is 14.5 Å². The van der Waals surface area contributed by atoms with Crippen molar-refractivity contribution in [2.45, 2.75) is 43.9 Å². The summed E-state index contributed by atoms with van der Waals surface area (Å²) in [5.74, 6) is -0.339. The van der Waals surface area contributed by atoms with Gasteiger partial charge < -0.3 is 11.1 Å². The van der Waals surface area contributed by atoms with Crippen LogP contribution in [0.5, 0.6) is 0 Å². The zero-order valence-corrected chi connectivity index (χ0v) is 23.5. The van der Waals surface area contributed by atoms with Crippen LogP contribution in [0.15, 0.2) is 62.8 Å². The van der Waals surface area contributed by atoms with Crippen LogP contribution < -0.4 is 16.0 Å². The molecule has 194 valence electrons. The molecule has 1 aromatic carbocycles. The number of hydrogen-bond acceptors (Lipinski definition) is 11. The van der Waals surface area contributed by atoms with E-state index in [9.17, 15) is 14.9 Å². The van der Waals surface area contributed by atoms with E-state index in [1.165, 1.54) is 34.4 Å². The Morgan fingerprint density at radius 1 is 1.32 bits per heavy atom. The summed E-state index contributed by atoms with van der Waals surface area (Å²) in [5, 5.41) is 24.4. The van der Waals surface area contributed by atoms with E-state index in [1.807, 2.05) is 31.2 Å². The predicted molar refractivity (Wildman–Crippen MR) is 150 cm³/mol. The molecule has 5 rings (SSSR count). The number of thiazole rings is 1. The minimum Gasteiger partial charge on any atom is -0.384 e. The van der Waals surface area contributed by atoms with E-state index in [-0.39, 0.29) is 28.7 Å². The first-order valence-corrected chi connectivity index (χ1v) is 14.5. The third-order valence-electron chi connectivity index (χ3n) is 6.47. The fourth-order valence-electron chi connectivity index (χ4n) is 4.87. The lowest BCUT2D eigenvalue weighted by atomic mass is 9.68. The van der Waals surface area contributed by atoms with Gasteiger partial charge in [-0.05, 0) is 29.9 Å². The molecule has 0 saturated heterocycles. The first kappa shape index (κ1) is 26.1. The van der Waals surface area contributed by atoms with Gasteiger partial charge in [0.25, 0.3) is 0 Å². The molecular formula is C26H25N7O2S3. The smallest absolute Gasteiger partial charge is 0.236 e. The topological polar surface area (TPSA) is 138 Å². The van der Waals surface area contributed by atoms with E-state index in [1.54, 1.807) is 16.5 Å². The number of nitrogens with zero attached hydrogens (tertiary/aromatic N) is 5. The van der Waals surface area contributed by atoms with Crippen molar-refractivity contribution in [2.75, 3.05) is 16.0 Å². The number of hydrogen-bond donors (Lipinski definition) is 2. The number of aryl methyl sites for hydroxylation is 1. The van der Waals surface area contributed by atoms with E-state index in [0.717, 1.165) is 16.8 Å². The number of carbonyl (C=O) groups excluding carboxylic acids is 2. The number of thioether (sulfide) groups is 1. The maximum atomic E-state index is 13.7. The van der Waals surface area contributed by atoms with Gasteiger partial charge in [-0.15, -0.1) is 21.5 Å². The van der Waals surface area contributed by atoms with Crippen LogP contribution in [-0.2, 0) is 9.59 Å². The minimum atomic E-state index is -0.535. The highest BCUT2D eigenvalue weighted by Gasteiger charge is 2.45. The number of nitrogens with one attached hydrogen (secondary N) is 1. The average molecular weight is 564 g/mol. The molecule has 1 atom stereocenters. The monoisotopic (exact) mass is 563 g/mol. The second kappa shape index (κ2) is 10.3. The summed E-state index contributed by atoms with van der Waals surface area (Å²) in [4.78, 5) is 31.7. The summed E-state index contributed by atoms with van der Waals surface area (Å²) in [6.07, 6.45) is 2.60. The number of benzene rings is 1. The van der Waals surface area contributed by atoms with E-state index < -0.39 is 5.92 Å². The number of allylic oxidation sites excluding steroid dienone is 3. The molecule has 12 heteroatoms. The molecule has 0 saturated carbocycles. The fraction of sp³-hybridized carbons (Fsp3) is 0.308. The molecule has 0 radical (unpaired) electrons. The van der Waals surface area contributed by atoms with E-state index in [4.69, 9.17) is 5.73 Å². The Balaban J connectivity index is 1.51. The quantitative estimate of drug-likeness (QED) is 0.398. The predicted octanol–water partition coefficient (Wildman–Crippen LogP) is 4.97. The molecule has 2 aliphatic rings. The van der Waals surface area contributed by atoms with Crippen molar-refractivity contribution in [1.82, 2.24) is 15.2 Å². The van der Waals surface area contributed by atoms with Crippen molar-refractivity contribution in [1.29, 1.82) is 5.26 Å². The molecule has 38 heavy (non-hydrogen) atoms. The maximum absolute atomic E-state index is 13.7. The highest BCUT2D eigenvalue weighted by Crippen LogP contribution is 2.51. The molecule has 1 unspecified atom stereocenters. The Morgan fingerprint density at radius 2 is 2.11 bits per heavy atom. The maximum Gasteiger partial charge on any atom is 0.236 e. The minimum absolute atomic E-state index is 0.00715. The first-order chi connectivity index (χ1) is 18.2. The van der Waals surface area contributed by atoms with Crippen molar-refractivity contribution in [2.24, 2.45) is 11.1 Å². The van der Waals surface area contributed by atoms with Gasteiger partial charge in [-0.2, -0.15) is 5.26 Å². The number of aromatic nitrogens is 3. The second-order valence-electron chi connectivity index (χ2n) is 9.86. The molecule has 0 fully saturated rings. The summed E-state index contributed by atoms with van der Waals surface area (Å²) >= 11 is 3.86. The summed E-state index contributed by atoms with van der Waals surface area (Å²) in [6, 6.07) is 10.1. The zero-order chi connectivity index (χ0) is 27.0. The lowest BCUT2D eigenvalue weighted by Gasteiger charge is -2.42. The number of amides is 1. The summed E-state index contributed by atoms with van der Waals surface area (Å²) in [7, 11) is 0. The second-order valence-corrected chi connectivity index (χ2v) is 12.9. The van der Waals surface area contributed by atoms with Crippen LogP contribution in [0.4, 0.5) is 10.3 Å². The molecule has 0 bridgehead atoms. The first-order valence-electron chi connectivity index (χ1n) is 11.9. The van der Waals surface area contributed by atoms with Gasteiger partial charge in [-0.1, -0.05) is 61.2 Å². The normalized spacial score (nSPS) is 18.8. The Hall–Kier alpha value is -3.53. The van der Waals surface area contributed by atoms with E-state index in [0.29, 0.717) is 38.6 Å². The highest BCUT2D eigenvalue weighted by atomic mass is 32.2. The summed E-state index contributed by atoms with van der Waals surface area (Å²) in [6.45, 7) is 6.08. The lowest BCUT2D eigenvalue weighted by Crippen LogP contribution is -2.42. The summed E-state index contributed by atoms with van der Waals surface area (Å²) in [5.41, 5.74) is 9.95. The number of nitrogens with two attached hydrogens (primary N) is 1. The molecule has 3 N–H and O–H groups in total. The molecule has 9 nitrogen and oxygen atoms in total. The van der Waals surface area contributed by atoms with Gasteiger partial charge in [-0.25, -0.2) is 4.98 Å². The third-order valence-corrected chi connectivity index (χ3v) is 9.20. The lowest BCUT2D eigenvalue weighted by molar-refractivity contribution is -0.118. The number of rotatable bonds is 6. The van der Waals surface area contributed by atoms with Gasteiger partial charge in [0.2, 0.25) is 11.0 Å². The fourth-order valence-corrected chi connectivity index (χ4v) is 7.09. The van der Waals surface area contributed by atoms with Gasteiger partial charge >= 0.3 is 0 Å². The molecule has 1 aliphatic carbocycles. The van der Waals surface area contributed by atoms with Crippen molar-refractivity contribution in [3.8, 4) is 6.07 Å². The number of nitriles is 1. The van der Waals surface area contributed by atoms with Crippen LogP contribution in [0, 0.1) is 23.7 Å². The van der Waals surface area contributed by atoms with E-state index in [2.05, 4.69) is 40.4 Å². The van der Waals surface area contributed by atoms with Crippen LogP contribution in [-0.4, -0.2) is 32.6 Å². The van der Waals surface area contributed by atoms with Crippen molar-refractivity contribution in [3.63, 3.8) is 0 Å². The van der Waals surface area contributed by atoms with Crippen LogP contribution >= 0.6 is 34.4 Å². The highest BCUT2D eigenvalue weighted by molar-refractivity contribution is 8.01. The van der Waals surface area contributed by atoms with Gasteiger partial charge in [0, 0.05) is 29.3 Å². The van der Waals surface area contributed by atoms with Crippen LogP contribution in [0.3, 0.4) is 0 Å². The Labute approximate surface area is 232 Å². The number of ketones is 1. The summed E-state index contributed by atoms with van der Waals surface area (Å²) < 4.78 is 0.574. The molecule has 1 amide bonds. The number of anilines is 2. The third kappa shape index (κ3) is 4.97. The Kier molecular flexibility index (Phi) is 7.09. The Morgan fingerprint density at radius 3 is 2.82 bits per heavy atom. The number of carbonyl (C=O) groups is 2. The molecule has 3 aromatic rings. The van der Waals surface area contributed by atoms with Gasteiger partial charge in [0.05, 0.1) is 23.3 Å². The zero-order valence-electron chi connectivity index (χ0n) is 21.0. The van der Waals surface area contributed by atoms with Crippen LogP contribution in [0.1, 0.15) is 43.7 Å². The Bertz CT molecular complexity index is 1520. The molecule has 3 heterocycles. The molecule has 2 aromatic heterocycles. The largest absolute Gasteiger partial charge is 0.384 e. The van der Waals surface area contributed by atoms with E-state index >= 15 is 0 Å². The number of Topliss-reactive ketones (excluding diaryl/α,β-unsaturated/α-hetero) is 1. The van der Waals surface area contributed by atoms with Crippen molar-refractivity contribution >= 4 is 56.4 Å². The SMILES string of the molecule is Cc1ccccc1C1C(C#N)=C(N)N(c2nnc(SCC(=O)Nc3nccs3)s2)C2=C1C(=O)CC(C)(C)C2. The van der Waals surface area contributed by atoms with Crippen LogP contribution in [0.2, 0.25) is 0 Å². The standard InChI is InChI=1S/C26H25N7O2S3/c1-14-6-4-5-7-15(14)20-16(12-27)22(28)33(17-10-26(2,3)11-18(34)21(17)20)24-31-32-25(38-24)37-13-19(35)30-23-29-8-9-36-23/h4-9,20H,10-11,13,28H2,1-3H3,(H,29,30,35). The van der Waals surface area contributed by atoms with Gasteiger partial charge in [0.15, 0.2) is 15.3 Å². The van der Waals surface area contributed by atoms with Crippen molar-refractivity contribution < 1.29 is 9.59 Å². The molecule has 0 spiro atoms. The van der Waals surface area contributed by atoms with Gasteiger partial charge in [0.1, 0.15) is 5.82 Å². The van der Waals surface area contributed by atoms with Crippen LogP contribution in [0.25, 0.3) is 0 Å².